The van der Waals surface area contributed by atoms with Crippen LogP contribution in [0.1, 0.15) is 19.4 Å². The number of morpholine rings is 1. The summed E-state index contributed by atoms with van der Waals surface area (Å²) in [6.07, 6.45) is -0.139. The molecule has 1 heterocycles. The molecule has 1 saturated heterocycles. The number of ether oxygens (including phenoxy) is 2. The van der Waals surface area contributed by atoms with Crippen molar-refractivity contribution in [3.8, 4) is 5.75 Å². The Labute approximate surface area is 131 Å². The van der Waals surface area contributed by atoms with Gasteiger partial charge in [0.15, 0.2) is 0 Å². The van der Waals surface area contributed by atoms with Crippen LogP contribution in [-0.4, -0.2) is 54.6 Å². The van der Waals surface area contributed by atoms with E-state index in [1.165, 1.54) is 0 Å². The summed E-state index contributed by atoms with van der Waals surface area (Å²) in [6, 6.07) is 5.63. The summed E-state index contributed by atoms with van der Waals surface area (Å²) in [5.41, 5.74) is 1.08. The Morgan fingerprint density at radius 2 is 2.05 bits per heavy atom. The van der Waals surface area contributed by atoms with E-state index in [4.69, 9.17) is 21.1 Å². The van der Waals surface area contributed by atoms with Crippen molar-refractivity contribution >= 4 is 11.6 Å². The maximum Gasteiger partial charge on any atom is 0.138 e. The molecule has 0 amide bonds. The van der Waals surface area contributed by atoms with E-state index in [-0.39, 0.29) is 18.8 Å². The lowest BCUT2D eigenvalue weighted by atomic mass is 10.2. The van der Waals surface area contributed by atoms with Gasteiger partial charge in [0, 0.05) is 19.6 Å². The Kier molecular flexibility index (Phi) is 5.88. The predicted octanol–water partition coefficient (Wildman–Crippen LogP) is 2.50. The normalized spacial score (nSPS) is 24.8. The molecule has 0 aromatic heterocycles. The fourth-order valence-electron chi connectivity index (χ4n) is 2.69. The molecule has 1 N–H and O–H groups in total. The van der Waals surface area contributed by atoms with Gasteiger partial charge in [-0.1, -0.05) is 17.7 Å². The second-order valence-electron chi connectivity index (χ2n) is 5.87. The highest BCUT2D eigenvalue weighted by atomic mass is 35.5. The molecule has 0 saturated carbocycles. The van der Waals surface area contributed by atoms with Gasteiger partial charge in [0.1, 0.15) is 18.5 Å². The summed E-state index contributed by atoms with van der Waals surface area (Å²) < 4.78 is 11.3. The number of nitrogens with zero attached hydrogens (tertiary/aromatic N) is 1. The van der Waals surface area contributed by atoms with Crippen LogP contribution in [0.15, 0.2) is 18.2 Å². The monoisotopic (exact) mass is 313 g/mol. The van der Waals surface area contributed by atoms with Crippen LogP contribution in [0.25, 0.3) is 0 Å². The molecule has 0 radical (unpaired) electrons. The van der Waals surface area contributed by atoms with E-state index in [1.807, 2.05) is 25.1 Å². The molecule has 1 aliphatic heterocycles. The van der Waals surface area contributed by atoms with Crippen LogP contribution in [0.3, 0.4) is 0 Å². The minimum absolute atomic E-state index is 0.202. The first-order valence-corrected chi connectivity index (χ1v) is 7.76. The average molecular weight is 314 g/mol. The van der Waals surface area contributed by atoms with Gasteiger partial charge in [0.05, 0.1) is 17.2 Å². The Balaban J connectivity index is 1.81. The van der Waals surface area contributed by atoms with Gasteiger partial charge in [0.2, 0.25) is 0 Å². The highest BCUT2D eigenvalue weighted by molar-refractivity contribution is 6.32. The number of hydrogen-bond donors (Lipinski definition) is 1. The molecule has 118 valence electrons. The van der Waals surface area contributed by atoms with Crippen LogP contribution in [0, 0.1) is 6.92 Å². The molecule has 21 heavy (non-hydrogen) atoms. The number of halogens is 1. The molecule has 1 fully saturated rings. The fourth-order valence-corrected chi connectivity index (χ4v) is 2.86. The Hall–Kier alpha value is -0.810. The number of aliphatic hydroxyl groups is 1. The van der Waals surface area contributed by atoms with E-state index in [1.54, 1.807) is 0 Å². The van der Waals surface area contributed by atoms with Crippen LogP contribution >= 0.6 is 11.6 Å². The summed E-state index contributed by atoms with van der Waals surface area (Å²) >= 11 is 6.08. The highest BCUT2D eigenvalue weighted by Crippen LogP contribution is 2.25. The number of benzene rings is 1. The lowest BCUT2D eigenvalue weighted by molar-refractivity contribution is -0.0786. The van der Waals surface area contributed by atoms with Gasteiger partial charge < -0.3 is 14.6 Å². The van der Waals surface area contributed by atoms with Crippen LogP contribution < -0.4 is 4.74 Å². The van der Waals surface area contributed by atoms with Gasteiger partial charge >= 0.3 is 0 Å². The third kappa shape index (κ3) is 5.15. The first-order valence-electron chi connectivity index (χ1n) is 7.39. The van der Waals surface area contributed by atoms with Crippen LogP contribution in [0.5, 0.6) is 5.75 Å². The summed E-state index contributed by atoms with van der Waals surface area (Å²) in [5.74, 6) is 0.624. The Morgan fingerprint density at radius 1 is 1.38 bits per heavy atom. The molecule has 0 spiro atoms. The van der Waals surface area contributed by atoms with Crippen molar-refractivity contribution in [3.63, 3.8) is 0 Å². The maximum atomic E-state index is 10.1. The minimum Gasteiger partial charge on any atom is -0.489 e. The van der Waals surface area contributed by atoms with Crippen LogP contribution in [0.4, 0.5) is 0 Å². The summed E-state index contributed by atoms with van der Waals surface area (Å²) in [4.78, 5) is 2.21. The average Bonchev–Trinajstić information content (AvgIpc) is 2.38. The number of rotatable bonds is 5. The van der Waals surface area contributed by atoms with E-state index in [2.05, 4.69) is 18.7 Å². The predicted molar refractivity (Wildman–Crippen MR) is 84.1 cm³/mol. The molecule has 4 nitrogen and oxygen atoms in total. The van der Waals surface area contributed by atoms with E-state index in [0.717, 1.165) is 18.7 Å². The largest absolute Gasteiger partial charge is 0.489 e. The molecule has 5 heteroatoms. The van der Waals surface area contributed by atoms with Crippen molar-refractivity contribution in [3.05, 3.63) is 28.8 Å². The quantitative estimate of drug-likeness (QED) is 0.907. The lowest BCUT2D eigenvalue weighted by Gasteiger charge is -2.36. The van der Waals surface area contributed by atoms with Gasteiger partial charge in [0.25, 0.3) is 0 Å². The Bertz CT molecular complexity index is 459. The van der Waals surface area contributed by atoms with Crippen LogP contribution in [-0.2, 0) is 4.74 Å². The van der Waals surface area contributed by atoms with Gasteiger partial charge in [-0.05, 0) is 38.5 Å². The minimum atomic E-state index is -0.543. The lowest BCUT2D eigenvalue weighted by Crippen LogP contribution is -2.48. The molecule has 0 aliphatic carbocycles. The smallest absolute Gasteiger partial charge is 0.138 e. The van der Waals surface area contributed by atoms with Gasteiger partial charge in [-0.15, -0.1) is 0 Å². The zero-order valence-electron chi connectivity index (χ0n) is 12.9. The molecule has 0 bridgehead atoms. The van der Waals surface area contributed by atoms with Crippen molar-refractivity contribution in [2.45, 2.75) is 39.1 Å². The maximum absolute atomic E-state index is 10.1. The molecule has 1 aliphatic rings. The Morgan fingerprint density at radius 3 is 2.71 bits per heavy atom. The van der Waals surface area contributed by atoms with Gasteiger partial charge in [-0.25, -0.2) is 0 Å². The van der Waals surface area contributed by atoms with Gasteiger partial charge in [-0.3, -0.25) is 4.90 Å². The number of aryl methyl sites for hydroxylation is 1. The van der Waals surface area contributed by atoms with Crippen molar-refractivity contribution in [2.75, 3.05) is 26.2 Å². The standard InChI is InChI=1S/C16H24ClNO3/c1-11-4-5-15(17)16(6-11)20-10-14(19)9-18-7-12(2)21-13(3)8-18/h4-6,12-14,19H,7-10H2,1-3H3. The topological polar surface area (TPSA) is 41.9 Å². The number of aliphatic hydroxyl groups excluding tert-OH is 1. The fraction of sp³-hybridized carbons (Fsp3) is 0.625. The third-order valence-electron chi connectivity index (χ3n) is 3.48. The highest BCUT2D eigenvalue weighted by Gasteiger charge is 2.24. The van der Waals surface area contributed by atoms with E-state index >= 15 is 0 Å². The van der Waals surface area contributed by atoms with Crippen molar-refractivity contribution in [1.29, 1.82) is 0 Å². The first kappa shape index (κ1) is 16.6. The van der Waals surface area contributed by atoms with E-state index < -0.39 is 6.10 Å². The molecule has 3 atom stereocenters. The summed E-state index contributed by atoms with van der Waals surface area (Å²) in [5, 5.41) is 10.7. The summed E-state index contributed by atoms with van der Waals surface area (Å²) in [7, 11) is 0. The molecule has 1 aromatic carbocycles. The third-order valence-corrected chi connectivity index (χ3v) is 3.79. The second kappa shape index (κ2) is 7.45. The molecule has 3 unspecified atom stereocenters. The number of hydrogen-bond acceptors (Lipinski definition) is 4. The van der Waals surface area contributed by atoms with Gasteiger partial charge in [-0.2, -0.15) is 0 Å². The number of β-amino-alcohol motifs (C(OH)–C–C–N with tert-alkyl or cyclic N) is 1. The molecule has 1 aromatic rings. The first-order chi connectivity index (χ1) is 9.94. The zero-order valence-corrected chi connectivity index (χ0v) is 13.6. The van der Waals surface area contributed by atoms with Crippen molar-refractivity contribution < 1.29 is 14.6 Å². The molecule has 2 rings (SSSR count). The molecular formula is C16H24ClNO3. The SMILES string of the molecule is Cc1ccc(Cl)c(OCC(O)CN2CC(C)OC(C)C2)c1. The summed E-state index contributed by atoms with van der Waals surface area (Å²) in [6.45, 7) is 8.59. The van der Waals surface area contributed by atoms with E-state index in [0.29, 0.717) is 17.3 Å². The van der Waals surface area contributed by atoms with E-state index in [9.17, 15) is 5.11 Å². The molecular weight excluding hydrogens is 290 g/mol. The van der Waals surface area contributed by atoms with Crippen LogP contribution in [0.2, 0.25) is 5.02 Å². The zero-order chi connectivity index (χ0) is 15.4. The second-order valence-corrected chi connectivity index (χ2v) is 6.28. The van der Waals surface area contributed by atoms with Crippen molar-refractivity contribution in [1.82, 2.24) is 4.90 Å². The van der Waals surface area contributed by atoms with Crippen molar-refractivity contribution in [2.24, 2.45) is 0 Å².